The molecule has 1 aromatic carbocycles. The first kappa shape index (κ1) is 14.6. The summed E-state index contributed by atoms with van der Waals surface area (Å²) in [5, 5.41) is 10.9. The Kier molecular flexibility index (Phi) is 4.24. The van der Waals surface area contributed by atoms with Gasteiger partial charge < -0.3 is 0 Å². The number of pyridine rings is 1. The van der Waals surface area contributed by atoms with E-state index in [0.717, 1.165) is 16.8 Å². The van der Waals surface area contributed by atoms with Crippen molar-refractivity contribution in [2.75, 3.05) is 0 Å². The van der Waals surface area contributed by atoms with Gasteiger partial charge in [-0.15, -0.1) is 0 Å². The highest BCUT2D eigenvalue weighted by atomic mass is 16.2. The van der Waals surface area contributed by atoms with Gasteiger partial charge in [0.05, 0.1) is 17.6 Å². The molecule has 0 bridgehead atoms. The monoisotopic (exact) mass is 305 g/mol. The molecule has 0 spiro atoms. The number of hydrogen-bond acceptors (Lipinski definition) is 4. The minimum atomic E-state index is -0.343. The van der Waals surface area contributed by atoms with Crippen LogP contribution in [0.5, 0.6) is 0 Å². The van der Waals surface area contributed by atoms with Gasteiger partial charge in [0.2, 0.25) is 0 Å². The molecule has 0 aliphatic rings. The van der Waals surface area contributed by atoms with Crippen LogP contribution in [0.1, 0.15) is 21.7 Å². The molecule has 0 aliphatic heterocycles. The molecule has 0 atom stereocenters. The number of benzene rings is 1. The summed E-state index contributed by atoms with van der Waals surface area (Å²) < 4.78 is 0. The van der Waals surface area contributed by atoms with Crippen molar-refractivity contribution in [3.8, 4) is 11.3 Å². The van der Waals surface area contributed by atoms with Crippen LogP contribution in [0.3, 0.4) is 0 Å². The van der Waals surface area contributed by atoms with E-state index in [-0.39, 0.29) is 5.91 Å². The zero-order valence-corrected chi connectivity index (χ0v) is 12.5. The Morgan fingerprint density at radius 3 is 2.70 bits per heavy atom. The molecule has 0 unspecified atom stereocenters. The summed E-state index contributed by atoms with van der Waals surface area (Å²) in [5.41, 5.74) is 6.02. The first-order valence-electron chi connectivity index (χ1n) is 7.10. The lowest BCUT2D eigenvalue weighted by molar-refractivity contribution is 0.0949. The number of carbonyl (C=O) groups excluding carboxylic acids is 1. The fraction of sp³-hybridized carbons (Fsp3) is 0.0588. The molecule has 114 valence electrons. The van der Waals surface area contributed by atoms with E-state index in [1.807, 2.05) is 49.4 Å². The van der Waals surface area contributed by atoms with E-state index >= 15 is 0 Å². The maximum Gasteiger partial charge on any atom is 0.289 e. The maximum atomic E-state index is 12.2. The Morgan fingerprint density at radius 2 is 1.96 bits per heavy atom. The highest BCUT2D eigenvalue weighted by Crippen LogP contribution is 2.22. The molecule has 23 heavy (non-hydrogen) atoms. The van der Waals surface area contributed by atoms with E-state index in [0.29, 0.717) is 11.4 Å². The number of nitrogens with one attached hydrogen (secondary N) is 2. The molecule has 0 fully saturated rings. The number of amides is 1. The minimum absolute atomic E-state index is 0.343. The lowest BCUT2D eigenvalue weighted by Gasteiger charge is -2.00. The van der Waals surface area contributed by atoms with Crippen LogP contribution in [0.25, 0.3) is 11.3 Å². The zero-order chi connectivity index (χ0) is 16.1. The molecule has 2 heterocycles. The number of carbonyl (C=O) groups is 1. The van der Waals surface area contributed by atoms with Crippen molar-refractivity contribution in [3.63, 3.8) is 0 Å². The van der Waals surface area contributed by atoms with E-state index in [1.54, 1.807) is 12.3 Å². The van der Waals surface area contributed by atoms with Gasteiger partial charge in [-0.05, 0) is 19.1 Å². The van der Waals surface area contributed by atoms with Gasteiger partial charge in [0.25, 0.3) is 5.91 Å². The van der Waals surface area contributed by atoms with Gasteiger partial charge in [0.1, 0.15) is 5.69 Å². The predicted octanol–water partition coefficient (Wildman–Crippen LogP) is 2.54. The van der Waals surface area contributed by atoms with Crippen LogP contribution in [0, 0.1) is 6.92 Å². The summed E-state index contributed by atoms with van der Waals surface area (Å²) in [7, 11) is 0. The highest BCUT2D eigenvalue weighted by Gasteiger charge is 2.16. The number of nitrogens with zero attached hydrogens (tertiary/aromatic N) is 3. The van der Waals surface area contributed by atoms with Gasteiger partial charge in [0.15, 0.2) is 0 Å². The smallest absolute Gasteiger partial charge is 0.272 e. The van der Waals surface area contributed by atoms with Crippen molar-refractivity contribution in [2.45, 2.75) is 6.92 Å². The molecule has 0 saturated carbocycles. The topological polar surface area (TPSA) is 83.0 Å². The molecule has 0 radical (unpaired) electrons. The molecule has 3 aromatic rings. The van der Waals surface area contributed by atoms with Crippen molar-refractivity contribution >= 4 is 12.1 Å². The summed E-state index contributed by atoms with van der Waals surface area (Å²) in [6, 6.07) is 15.2. The van der Waals surface area contributed by atoms with E-state index in [2.05, 4.69) is 25.7 Å². The van der Waals surface area contributed by atoms with E-state index in [9.17, 15) is 4.79 Å². The van der Waals surface area contributed by atoms with Gasteiger partial charge in [-0.3, -0.25) is 14.9 Å². The van der Waals surface area contributed by atoms with Crippen molar-refractivity contribution < 1.29 is 4.79 Å². The van der Waals surface area contributed by atoms with Gasteiger partial charge in [-0.2, -0.15) is 10.2 Å². The average Bonchev–Trinajstić information content (AvgIpc) is 2.98. The van der Waals surface area contributed by atoms with Crippen LogP contribution in [0.15, 0.2) is 59.8 Å². The SMILES string of the molecule is Cc1c(-c2ccccc2)n[nH]c1C(=O)NN=Cc1ccccn1. The Labute approximate surface area is 133 Å². The van der Waals surface area contributed by atoms with Crippen LogP contribution in [0.4, 0.5) is 0 Å². The molecule has 0 aliphatic carbocycles. The number of aromatic nitrogens is 3. The van der Waals surface area contributed by atoms with Gasteiger partial charge >= 0.3 is 0 Å². The van der Waals surface area contributed by atoms with Gasteiger partial charge in [-0.25, -0.2) is 5.43 Å². The van der Waals surface area contributed by atoms with Gasteiger partial charge in [0, 0.05) is 17.3 Å². The molecule has 6 heteroatoms. The van der Waals surface area contributed by atoms with Crippen LogP contribution in [-0.2, 0) is 0 Å². The first-order chi connectivity index (χ1) is 11.3. The maximum absolute atomic E-state index is 12.2. The van der Waals surface area contributed by atoms with Crippen LogP contribution >= 0.6 is 0 Å². The fourth-order valence-corrected chi connectivity index (χ4v) is 2.16. The van der Waals surface area contributed by atoms with E-state index in [1.165, 1.54) is 6.21 Å². The Morgan fingerprint density at radius 1 is 1.17 bits per heavy atom. The van der Waals surface area contributed by atoms with Crippen LogP contribution in [0.2, 0.25) is 0 Å². The summed E-state index contributed by atoms with van der Waals surface area (Å²) in [6.07, 6.45) is 3.15. The van der Waals surface area contributed by atoms with Gasteiger partial charge in [-0.1, -0.05) is 36.4 Å². The molecule has 6 nitrogen and oxygen atoms in total. The number of aromatic amines is 1. The van der Waals surface area contributed by atoms with Crippen molar-refractivity contribution in [1.82, 2.24) is 20.6 Å². The molecule has 2 N–H and O–H groups in total. The zero-order valence-electron chi connectivity index (χ0n) is 12.5. The summed E-state index contributed by atoms with van der Waals surface area (Å²) >= 11 is 0. The predicted molar refractivity (Wildman–Crippen MR) is 88.1 cm³/mol. The second kappa shape index (κ2) is 6.65. The molecule has 3 rings (SSSR count). The van der Waals surface area contributed by atoms with Crippen LogP contribution < -0.4 is 5.43 Å². The normalized spacial score (nSPS) is 10.8. The Bertz CT molecular complexity index is 825. The first-order valence-corrected chi connectivity index (χ1v) is 7.10. The molecular formula is C17H15N5O. The molecule has 0 saturated heterocycles. The number of hydrazone groups is 1. The second-order valence-corrected chi connectivity index (χ2v) is 4.89. The van der Waals surface area contributed by atoms with Crippen molar-refractivity contribution in [1.29, 1.82) is 0 Å². The van der Waals surface area contributed by atoms with Crippen molar-refractivity contribution in [3.05, 3.63) is 71.7 Å². The third-order valence-corrected chi connectivity index (χ3v) is 3.33. The largest absolute Gasteiger partial charge is 0.289 e. The number of rotatable bonds is 4. The number of hydrogen-bond donors (Lipinski definition) is 2. The highest BCUT2D eigenvalue weighted by molar-refractivity contribution is 5.95. The summed E-state index contributed by atoms with van der Waals surface area (Å²) in [6.45, 7) is 1.85. The average molecular weight is 305 g/mol. The molecule has 1 amide bonds. The minimum Gasteiger partial charge on any atom is -0.272 e. The quantitative estimate of drug-likeness (QED) is 0.574. The van der Waals surface area contributed by atoms with E-state index in [4.69, 9.17) is 0 Å². The Hall–Kier alpha value is -3.28. The summed E-state index contributed by atoms with van der Waals surface area (Å²) in [4.78, 5) is 16.3. The molecular weight excluding hydrogens is 290 g/mol. The standard InChI is InChI=1S/C17H15N5O/c1-12-15(13-7-3-2-4-8-13)20-21-16(12)17(23)22-19-11-14-9-5-6-10-18-14/h2-11H,1H3,(H,20,21)(H,22,23). The van der Waals surface area contributed by atoms with E-state index < -0.39 is 0 Å². The molecule has 2 aromatic heterocycles. The Balaban J connectivity index is 1.74. The summed E-state index contributed by atoms with van der Waals surface area (Å²) in [5.74, 6) is -0.343. The van der Waals surface area contributed by atoms with Crippen LogP contribution in [-0.4, -0.2) is 27.3 Å². The van der Waals surface area contributed by atoms with Crippen molar-refractivity contribution in [2.24, 2.45) is 5.10 Å². The lowest BCUT2D eigenvalue weighted by atomic mass is 10.1. The third-order valence-electron chi connectivity index (χ3n) is 3.33. The second-order valence-electron chi connectivity index (χ2n) is 4.89. The third kappa shape index (κ3) is 3.32. The fourth-order valence-electron chi connectivity index (χ4n) is 2.16. The number of H-pyrrole nitrogens is 1. The lowest BCUT2D eigenvalue weighted by Crippen LogP contribution is -2.19.